The molecule has 4 aromatic carbocycles. The maximum atomic E-state index is 13.8. The Morgan fingerprint density at radius 3 is 2.29 bits per heavy atom. The molecular weight excluding hydrogens is 538 g/mol. The van der Waals surface area contributed by atoms with E-state index in [-0.39, 0.29) is 42.3 Å². The summed E-state index contributed by atoms with van der Waals surface area (Å²) in [6, 6.07) is 29.6. The van der Waals surface area contributed by atoms with E-state index in [0.717, 1.165) is 16.3 Å². The lowest BCUT2D eigenvalue weighted by molar-refractivity contribution is -0.129. The van der Waals surface area contributed by atoms with Gasteiger partial charge in [0.25, 0.3) is 5.91 Å². The lowest BCUT2D eigenvalue weighted by Crippen LogP contribution is -2.53. The quantitative estimate of drug-likeness (QED) is 0.373. The van der Waals surface area contributed by atoms with Gasteiger partial charge >= 0.3 is 0 Å². The van der Waals surface area contributed by atoms with E-state index < -0.39 is 16.1 Å². The van der Waals surface area contributed by atoms with Crippen LogP contribution in [0.25, 0.3) is 10.8 Å². The molecule has 2 aliphatic heterocycles. The fourth-order valence-corrected chi connectivity index (χ4v) is 7.02. The number of carbonyl (C=O) groups excluding carboxylic acids is 2. The highest BCUT2D eigenvalue weighted by molar-refractivity contribution is 7.89. The zero-order valence-electron chi connectivity index (χ0n) is 22.5. The normalized spacial score (nSPS) is 18.0. The van der Waals surface area contributed by atoms with Crippen LogP contribution < -0.4 is 15.0 Å². The first-order valence-corrected chi connectivity index (χ1v) is 15.2. The Kier molecular flexibility index (Phi) is 7.47. The Hall–Kier alpha value is -4.21. The molecule has 0 saturated carbocycles. The Morgan fingerprint density at radius 2 is 1.51 bits per heavy atom. The van der Waals surface area contributed by atoms with Crippen LogP contribution >= 0.6 is 0 Å². The number of anilines is 1. The molecule has 6 rings (SSSR count). The summed E-state index contributed by atoms with van der Waals surface area (Å²) < 4.78 is 34.3. The number of carbonyl (C=O) groups is 2. The predicted molar refractivity (Wildman–Crippen MR) is 157 cm³/mol. The minimum absolute atomic E-state index is 0.0894. The molecule has 0 aliphatic carbocycles. The van der Waals surface area contributed by atoms with Crippen LogP contribution in [-0.2, 0) is 26.2 Å². The van der Waals surface area contributed by atoms with Crippen molar-refractivity contribution in [3.63, 3.8) is 0 Å². The van der Waals surface area contributed by atoms with Crippen molar-refractivity contribution in [1.29, 1.82) is 0 Å². The van der Waals surface area contributed by atoms with Gasteiger partial charge in [-0.05, 0) is 53.4 Å². The average Bonchev–Trinajstić information content (AvgIpc) is 3.03. The fourth-order valence-electron chi connectivity index (χ4n) is 5.52. The van der Waals surface area contributed by atoms with Gasteiger partial charge in [-0.3, -0.25) is 9.59 Å². The van der Waals surface area contributed by atoms with Gasteiger partial charge in [-0.25, -0.2) is 8.42 Å². The van der Waals surface area contributed by atoms with Crippen molar-refractivity contribution >= 4 is 38.3 Å². The summed E-state index contributed by atoms with van der Waals surface area (Å²) in [5, 5.41) is 4.76. The number of ether oxygens (including phenoxy) is 1. The van der Waals surface area contributed by atoms with Crippen LogP contribution in [0, 0.1) is 5.92 Å². The van der Waals surface area contributed by atoms with Gasteiger partial charge in [0.1, 0.15) is 5.75 Å². The second-order valence-electron chi connectivity index (χ2n) is 10.4. The van der Waals surface area contributed by atoms with Crippen LogP contribution in [-0.4, -0.2) is 50.3 Å². The monoisotopic (exact) mass is 569 g/mol. The summed E-state index contributed by atoms with van der Waals surface area (Å²) in [6.07, 6.45) is -0.0579. The highest BCUT2D eigenvalue weighted by Crippen LogP contribution is 2.36. The topological polar surface area (TPSA) is 96.0 Å². The maximum absolute atomic E-state index is 13.8. The summed E-state index contributed by atoms with van der Waals surface area (Å²) in [7, 11) is -3.69. The van der Waals surface area contributed by atoms with Gasteiger partial charge in [0, 0.05) is 25.6 Å². The first-order chi connectivity index (χ1) is 19.9. The van der Waals surface area contributed by atoms with Crippen LogP contribution in [0.4, 0.5) is 5.69 Å². The van der Waals surface area contributed by atoms with Crippen LogP contribution in [0.3, 0.4) is 0 Å². The molecule has 2 amide bonds. The molecule has 41 heavy (non-hydrogen) atoms. The standard InChI is InChI=1S/C32H31N3O5S/c36-31(33-21-23-8-2-1-3-9-23)30-22-35(28-12-6-7-13-29(28)40-30)32(37)25-16-18-34(19-17-25)41(38,39)27-15-14-24-10-4-5-11-26(24)20-27/h1-15,20,25,30H,16-19,21-22H2,(H,33,36)/t30-/m1/s1. The first kappa shape index (κ1) is 27.0. The minimum Gasteiger partial charge on any atom is -0.477 e. The Labute approximate surface area is 239 Å². The number of nitrogens with zero attached hydrogens (tertiary/aromatic N) is 2. The number of hydrogen-bond donors (Lipinski definition) is 1. The number of rotatable bonds is 6. The van der Waals surface area contributed by atoms with Crippen molar-refractivity contribution in [3.05, 3.63) is 103 Å². The minimum atomic E-state index is -3.69. The maximum Gasteiger partial charge on any atom is 0.263 e. The second kappa shape index (κ2) is 11.3. The SMILES string of the molecule is O=C(NCc1ccccc1)[C@H]1CN(C(=O)C2CCN(S(=O)(=O)c3ccc4ccccc4c3)CC2)c2ccccc2O1. The van der Waals surface area contributed by atoms with E-state index in [0.29, 0.717) is 30.8 Å². The van der Waals surface area contributed by atoms with Gasteiger partial charge in [0.2, 0.25) is 15.9 Å². The molecule has 1 fully saturated rings. The lowest BCUT2D eigenvalue weighted by Gasteiger charge is -2.38. The number of piperidine rings is 1. The van der Waals surface area contributed by atoms with Gasteiger partial charge in [-0.15, -0.1) is 0 Å². The van der Waals surface area contributed by atoms with E-state index in [9.17, 15) is 18.0 Å². The molecule has 1 saturated heterocycles. The van der Waals surface area contributed by atoms with Crippen LogP contribution in [0.2, 0.25) is 0 Å². The lowest BCUT2D eigenvalue weighted by atomic mass is 9.95. The molecule has 4 aromatic rings. The third kappa shape index (κ3) is 5.55. The van der Waals surface area contributed by atoms with Crippen molar-refractivity contribution in [3.8, 4) is 5.75 Å². The molecule has 2 aliphatic rings. The van der Waals surface area contributed by atoms with Gasteiger partial charge in [0.05, 0.1) is 17.1 Å². The smallest absolute Gasteiger partial charge is 0.263 e. The van der Waals surface area contributed by atoms with E-state index in [4.69, 9.17) is 4.74 Å². The third-order valence-electron chi connectivity index (χ3n) is 7.80. The first-order valence-electron chi connectivity index (χ1n) is 13.8. The van der Waals surface area contributed by atoms with Crippen LogP contribution in [0.5, 0.6) is 5.75 Å². The van der Waals surface area contributed by atoms with Gasteiger partial charge in [0.15, 0.2) is 6.10 Å². The summed E-state index contributed by atoms with van der Waals surface area (Å²) in [4.78, 5) is 28.7. The highest BCUT2D eigenvalue weighted by atomic mass is 32.2. The van der Waals surface area contributed by atoms with E-state index in [2.05, 4.69) is 5.32 Å². The van der Waals surface area contributed by atoms with Crippen molar-refractivity contribution < 1.29 is 22.7 Å². The number of benzene rings is 4. The van der Waals surface area contributed by atoms with Crippen LogP contribution in [0.1, 0.15) is 18.4 Å². The second-order valence-corrected chi connectivity index (χ2v) is 12.4. The zero-order chi connectivity index (χ0) is 28.4. The van der Waals surface area contributed by atoms with Crippen molar-refractivity contribution in [1.82, 2.24) is 9.62 Å². The van der Waals surface area contributed by atoms with Crippen molar-refractivity contribution in [2.75, 3.05) is 24.5 Å². The van der Waals surface area contributed by atoms with Crippen molar-refractivity contribution in [2.45, 2.75) is 30.4 Å². The number of hydrogen-bond acceptors (Lipinski definition) is 5. The average molecular weight is 570 g/mol. The Balaban J connectivity index is 1.14. The summed E-state index contributed by atoms with van der Waals surface area (Å²) in [6.45, 7) is 0.947. The molecule has 2 heterocycles. The van der Waals surface area contributed by atoms with Gasteiger partial charge < -0.3 is 15.0 Å². The van der Waals surface area contributed by atoms with E-state index in [1.165, 1.54) is 4.31 Å². The molecule has 0 bridgehead atoms. The third-order valence-corrected chi connectivity index (χ3v) is 9.70. The molecule has 0 unspecified atom stereocenters. The molecule has 0 spiro atoms. The summed E-state index contributed by atoms with van der Waals surface area (Å²) >= 11 is 0. The summed E-state index contributed by atoms with van der Waals surface area (Å²) in [5.74, 6) is -0.303. The van der Waals surface area contributed by atoms with E-state index in [1.54, 1.807) is 23.1 Å². The number of para-hydroxylation sites is 2. The van der Waals surface area contributed by atoms with Gasteiger partial charge in [-0.1, -0.05) is 72.8 Å². The molecule has 9 heteroatoms. The van der Waals surface area contributed by atoms with E-state index >= 15 is 0 Å². The number of sulfonamides is 1. The fraction of sp³-hybridized carbons (Fsp3) is 0.250. The highest BCUT2D eigenvalue weighted by Gasteiger charge is 2.39. The van der Waals surface area contributed by atoms with Gasteiger partial charge in [-0.2, -0.15) is 4.31 Å². The molecule has 210 valence electrons. The number of fused-ring (bicyclic) bond motifs is 2. The number of amides is 2. The Bertz CT molecular complexity index is 1680. The predicted octanol–water partition coefficient (Wildman–Crippen LogP) is 4.35. The molecule has 0 aromatic heterocycles. The summed E-state index contributed by atoms with van der Waals surface area (Å²) in [5.41, 5.74) is 1.59. The molecule has 8 nitrogen and oxygen atoms in total. The number of nitrogens with one attached hydrogen (secondary N) is 1. The largest absolute Gasteiger partial charge is 0.477 e. The molecule has 1 N–H and O–H groups in total. The zero-order valence-corrected chi connectivity index (χ0v) is 23.3. The molecule has 1 atom stereocenters. The molecule has 0 radical (unpaired) electrons. The van der Waals surface area contributed by atoms with Crippen molar-refractivity contribution in [2.24, 2.45) is 5.92 Å². The Morgan fingerprint density at radius 1 is 0.829 bits per heavy atom. The molecular formula is C32H31N3O5S. The van der Waals surface area contributed by atoms with E-state index in [1.807, 2.05) is 78.9 Å². The van der Waals surface area contributed by atoms with Crippen LogP contribution in [0.15, 0.2) is 102 Å².